The maximum Gasteiger partial charge on any atom is 0.254 e. The van der Waals surface area contributed by atoms with Gasteiger partial charge in [0.2, 0.25) is 0 Å². The van der Waals surface area contributed by atoms with Crippen molar-refractivity contribution in [1.29, 1.82) is 0 Å². The first-order valence-electron chi connectivity index (χ1n) is 12.4. The normalized spacial score (nSPS) is 18.9. The van der Waals surface area contributed by atoms with Gasteiger partial charge in [0.15, 0.2) is 5.82 Å². The minimum absolute atomic E-state index is 0.0782. The van der Waals surface area contributed by atoms with Gasteiger partial charge in [0, 0.05) is 69.5 Å². The standard InChI is InChI=1S/C26H33N7O3/c1-26(2,35)25(34)33-12-10-32(11-13-33)19-5-3-18(4-6-19)21-15-22-23(29-8-7-28-22)24(31-21)30-17-20-16-27-9-14-36-20/h3-8,15,20,27,35H,9-14,16-17H2,1-2H3,(H,30,31)/t20-/m0/s1. The number of amides is 1. The number of hydrogen-bond donors (Lipinski definition) is 3. The van der Waals surface area contributed by atoms with Crippen LogP contribution in [0.4, 0.5) is 11.5 Å². The summed E-state index contributed by atoms with van der Waals surface area (Å²) < 4.78 is 5.81. The first-order valence-corrected chi connectivity index (χ1v) is 12.4. The van der Waals surface area contributed by atoms with Crippen LogP contribution in [0.15, 0.2) is 42.7 Å². The topological polar surface area (TPSA) is 116 Å². The van der Waals surface area contributed by atoms with Crippen LogP contribution in [-0.2, 0) is 9.53 Å². The highest BCUT2D eigenvalue weighted by Crippen LogP contribution is 2.28. The van der Waals surface area contributed by atoms with Crippen LogP contribution in [0.5, 0.6) is 0 Å². The van der Waals surface area contributed by atoms with Gasteiger partial charge in [-0.05, 0) is 32.0 Å². The number of rotatable bonds is 6. The molecule has 2 aromatic heterocycles. The molecular formula is C26H33N7O3. The SMILES string of the molecule is CC(C)(O)C(=O)N1CCN(c2ccc(-c3cc4nccnc4c(NC[C@@H]4CNCCO4)n3)cc2)CC1. The van der Waals surface area contributed by atoms with Gasteiger partial charge in [-0.1, -0.05) is 12.1 Å². The number of ether oxygens (including phenoxy) is 1. The van der Waals surface area contributed by atoms with Crippen molar-refractivity contribution in [3.05, 3.63) is 42.7 Å². The number of aromatic nitrogens is 3. The van der Waals surface area contributed by atoms with Crippen molar-refractivity contribution in [3.8, 4) is 11.3 Å². The van der Waals surface area contributed by atoms with Crippen molar-refractivity contribution in [1.82, 2.24) is 25.2 Å². The van der Waals surface area contributed by atoms with Gasteiger partial charge in [-0.3, -0.25) is 9.78 Å². The second-order valence-electron chi connectivity index (χ2n) is 9.74. The van der Waals surface area contributed by atoms with E-state index < -0.39 is 5.60 Å². The van der Waals surface area contributed by atoms with Crippen LogP contribution in [0, 0.1) is 0 Å². The molecule has 2 fully saturated rings. The summed E-state index contributed by atoms with van der Waals surface area (Å²) >= 11 is 0. The van der Waals surface area contributed by atoms with Crippen LogP contribution in [0.3, 0.4) is 0 Å². The van der Waals surface area contributed by atoms with Gasteiger partial charge in [0.25, 0.3) is 5.91 Å². The maximum absolute atomic E-state index is 12.3. The lowest BCUT2D eigenvalue weighted by Crippen LogP contribution is -2.54. The summed E-state index contributed by atoms with van der Waals surface area (Å²) in [5, 5.41) is 16.8. The van der Waals surface area contributed by atoms with Gasteiger partial charge in [-0.2, -0.15) is 0 Å². The second kappa shape index (κ2) is 10.3. The van der Waals surface area contributed by atoms with Crippen LogP contribution >= 0.6 is 0 Å². The molecule has 3 aromatic rings. The van der Waals surface area contributed by atoms with Gasteiger partial charge in [0.05, 0.1) is 23.9 Å². The monoisotopic (exact) mass is 491 g/mol. The Labute approximate surface area is 210 Å². The van der Waals surface area contributed by atoms with Gasteiger partial charge in [-0.15, -0.1) is 0 Å². The Kier molecular flexibility index (Phi) is 6.99. The predicted molar refractivity (Wildman–Crippen MR) is 139 cm³/mol. The number of pyridine rings is 1. The Balaban J connectivity index is 1.30. The Morgan fingerprint density at radius 3 is 2.61 bits per heavy atom. The molecule has 36 heavy (non-hydrogen) atoms. The summed E-state index contributed by atoms with van der Waals surface area (Å²) in [6.07, 6.45) is 3.45. The van der Waals surface area contributed by atoms with Crippen molar-refractivity contribution < 1.29 is 14.6 Å². The van der Waals surface area contributed by atoms with Crippen molar-refractivity contribution in [2.75, 3.05) is 62.6 Å². The number of carbonyl (C=O) groups excluding carboxylic acids is 1. The molecule has 10 nitrogen and oxygen atoms in total. The molecule has 2 saturated heterocycles. The van der Waals surface area contributed by atoms with E-state index in [1.165, 1.54) is 13.8 Å². The first-order chi connectivity index (χ1) is 17.4. The highest BCUT2D eigenvalue weighted by Gasteiger charge is 2.31. The highest BCUT2D eigenvalue weighted by atomic mass is 16.5. The number of morpholine rings is 1. The molecule has 2 aliphatic heterocycles. The fourth-order valence-corrected chi connectivity index (χ4v) is 4.60. The van der Waals surface area contributed by atoms with Crippen LogP contribution in [0.2, 0.25) is 0 Å². The Hall–Kier alpha value is -3.34. The molecule has 5 rings (SSSR count). The third kappa shape index (κ3) is 5.40. The van der Waals surface area contributed by atoms with Crippen molar-refractivity contribution in [2.24, 2.45) is 0 Å². The zero-order valence-electron chi connectivity index (χ0n) is 20.8. The van der Waals surface area contributed by atoms with E-state index in [0.29, 0.717) is 32.1 Å². The van der Waals surface area contributed by atoms with Gasteiger partial charge < -0.3 is 30.3 Å². The molecule has 0 radical (unpaired) electrons. The van der Waals surface area contributed by atoms with E-state index >= 15 is 0 Å². The number of benzene rings is 1. The average molecular weight is 492 g/mol. The van der Waals surface area contributed by atoms with E-state index in [9.17, 15) is 9.90 Å². The molecule has 0 saturated carbocycles. The van der Waals surface area contributed by atoms with E-state index in [4.69, 9.17) is 9.72 Å². The molecule has 0 spiro atoms. The Bertz CT molecular complexity index is 1200. The Morgan fingerprint density at radius 1 is 1.17 bits per heavy atom. The minimum atomic E-state index is -1.34. The number of piperazine rings is 1. The summed E-state index contributed by atoms with van der Waals surface area (Å²) in [6.45, 7) is 8.71. The average Bonchev–Trinajstić information content (AvgIpc) is 2.91. The molecule has 4 heterocycles. The van der Waals surface area contributed by atoms with E-state index in [2.05, 4.69) is 49.8 Å². The Morgan fingerprint density at radius 2 is 1.92 bits per heavy atom. The fraction of sp³-hybridized carbons (Fsp3) is 0.462. The number of fused-ring (bicyclic) bond motifs is 1. The van der Waals surface area contributed by atoms with Crippen LogP contribution in [0.1, 0.15) is 13.8 Å². The highest BCUT2D eigenvalue weighted by molar-refractivity contribution is 5.88. The third-order valence-electron chi connectivity index (χ3n) is 6.58. The van der Waals surface area contributed by atoms with Crippen molar-refractivity contribution in [2.45, 2.75) is 25.6 Å². The summed E-state index contributed by atoms with van der Waals surface area (Å²) in [4.78, 5) is 30.2. The summed E-state index contributed by atoms with van der Waals surface area (Å²) in [6, 6.07) is 10.3. The van der Waals surface area contributed by atoms with Crippen LogP contribution < -0.4 is 15.5 Å². The summed E-state index contributed by atoms with van der Waals surface area (Å²) in [5.74, 6) is 0.472. The second-order valence-corrected chi connectivity index (χ2v) is 9.74. The van der Waals surface area contributed by atoms with Crippen LogP contribution in [-0.4, -0.2) is 95.0 Å². The van der Waals surface area contributed by atoms with Crippen LogP contribution in [0.25, 0.3) is 22.3 Å². The molecule has 0 unspecified atom stereocenters. The smallest absolute Gasteiger partial charge is 0.254 e. The van der Waals surface area contributed by atoms with E-state index in [0.717, 1.165) is 54.2 Å². The lowest BCUT2D eigenvalue weighted by Gasteiger charge is -2.38. The summed E-state index contributed by atoms with van der Waals surface area (Å²) in [7, 11) is 0. The fourth-order valence-electron chi connectivity index (χ4n) is 4.60. The lowest BCUT2D eigenvalue weighted by molar-refractivity contribution is -0.148. The number of hydrogen-bond acceptors (Lipinski definition) is 9. The molecule has 1 amide bonds. The molecule has 0 aliphatic carbocycles. The molecule has 190 valence electrons. The quantitative estimate of drug-likeness (QED) is 0.472. The number of carbonyl (C=O) groups is 1. The van der Waals surface area contributed by atoms with Gasteiger partial charge in [-0.25, -0.2) is 9.97 Å². The molecule has 0 bridgehead atoms. The largest absolute Gasteiger partial charge is 0.381 e. The minimum Gasteiger partial charge on any atom is -0.381 e. The van der Waals surface area contributed by atoms with Crippen molar-refractivity contribution >= 4 is 28.4 Å². The molecule has 1 aromatic carbocycles. The molecule has 1 atom stereocenters. The molecule has 3 N–H and O–H groups in total. The maximum atomic E-state index is 12.3. The molecule has 10 heteroatoms. The predicted octanol–water partition coefficient (Wildman–Crippen LogP) is 1.51. The zero-order valence-corrected chi connectivity index (χ0v) is 20.8. The third-order valence-corrected chi connectivity index (χ3v) is 6.58. The first kappa shape index (κ1) is 24.4. The number of nitrogens with one attached hydrogen (secondary N) is 2. The number of aliphatic hydroxyl groups is 1. The lowest BCUT2D eigenvalue weighted by atomic mass is 10.1. The van der Waals surface area contributed by atoms with Gasteiger partial charge >= 0.3 is 0 Å². The summed E-state index contributed by atoms with van der Waals surface area (Å²) in [5.41, 5.74) is 3.08. The molecular weight excluding hydrogens is 458 g/mol. The van der Waals surface area contributed by atoms with E-state index in [-0.39, 0.29) is 12.0 Å². The van der Waals surface area contributed by atoms with E-state index in [1.54, 1.807) is 17.3 Å². The van der Waals surface area contributed by atoms with E-state index in [1.807, 2.05) is 6.07 Å². The van der Waals surface area contributed by atoms with Gasteiger partial charge in [0.1, 0.15) is 11.1 Å². The number of anilines is 2. The van der Waals surface area contributed by atoms with Crippen molar-refractivity contribution in [3.63, 3.8) is 0 Å². The number of nitrogens with zero attached hydrogens (tertiary/aromatic N) is 5. The zero-order chi connectivity index (χ0) is 25.1. The molecule has 2 aliphatic rings.